The summed E-state index contributed by atoms with van der Waals surface area (Å²) in [7, 11) is -4.30. The van der Waals surface area contributed by atoms with Crippen LogP contribution in [0.1, 0.15) is 11.1 Å². The van der Waals surface area contributed by atoms with E-state index >= 15 is 0 Å². The Bertz CT molecular complexity index is 2070. The van der Waals surface area contributed by atoms with Gasteiger partial charge in [-0.05, 0) is 102 Å². The minimum absolute atomic E-state index is 0.617. The van der Waals surface area contributed by atoms with E-state index in [9.17, 15) is 0 Å². The maximum Gasteiger partial charge on any atom is 0.205 e. The van der Waals surface area contributed by atoms with Gasteiger partial charge >= 0.3 is 0 Å². The van der Waals surface area contributed by atoms with Gasteiger partial charge in [-0.1, -0.05) is 109 Å². The van der Waals surface area contributed by atoms with E-state index in [2.05, 4.69) is 135 Å². The highest BCUT2D eigenvalue weighted by Gasteiger charge is 2.45. The molecule has 8 aromatic rings. The van der Waals surface area contributed by atoms with Gasteiger partial charge in [-0.2, -0.15) is 0 Å². The lowest BCUT2D eigenvalue weighted by molar-refractivity contribution is 0.274. The van der Waals surface area contributed by atoms with Crippen molar-refractivity contribution in [1.82, 2.24) is 0 Å². The molecule has 0 aromatic heterocycles. The molecule has 0 fully saturated rings. The molecule has 206 valence electrons. The number of hydrogen-bond donors (Lipinski definition) is 0. The molecule has 0 N–H and O–H groups in total. The normalized spacial score (nSPS) is 13.1. The average Bonchev–Trinajstić information content (AvgIpc) is 3.01. The van der Waals surface area contributed by atoms with Gasteiger partial charge in [-0.25, -0.2) is 0 Å². The molecule has 0 unspecified atom stereocenters. The van der Waals surface area contributed by atoms with Crippen LogP contribution in [0.25, 0.3) is 64.6 Å². The van der Waals surface area contributed by atoms with Gasteiger partial charge in [0.15, 0.2) is 0 Å². The van der Waals surface area contributed by atoms with E-state index in [1.807, 2.05) is 0 Å². The molecule has 0 atom stereocenters. The standard InChI is InChI=1S/C38H34O2Si2/c1-41(2,39-23-31-17-15-29-13-11-25-7-5-9-27-19-21-33(31)37(29)35(25)27)42(3,4)40-24-32-18-16-30-14-12-26-8-6-10-28-20-22-34(32)38(30)36(26)28/h5-22H,23-24H2,1-4H3. The smallest absolute Gasteiger partial charge is 0.205 e. The fourth-order valence-corrected chi connectivity index (χ4v) is 11.0. The van der Waals surface area contributed by atoms with Gasteiger partial charge in [-0.3, -0.25) is 0 Å². The van der Waals surface area contributed by atoms with Gasteiger partial charge in [0.2, 0.25) is 15.7 Å². The average molecular weight is 579 g/mol. The SMILES string of the molecule is C[Si](C)(OCc1ccc2ccc3cccc4ccc1c2c34)[Si](C)(C)OCc1ccc2ccc3cccc4ccc1c2c34. The molecule has 0 aliphatic rings. The lowest BCUT2D eigenvalue weighted by atomic mass is 9.92. The van der Waals surface area contributed by atoms with Crippen LogP contribution in [-0.4, -0.2) is 15.7 Å². The minimum Gasteiger partial charge on any atom is -0.413 e. The van der Waals surface area contributed by atoms with Crippen LogP contribution in [0.3, 0.4) is 0 Å². The first-order chi connectivity index (χ1) is 20.3. The molecule has 0 spiro atoms. The first-order valence-electron chi connectivity index (χ1n) is 14.9. The number of hydrogen-bond acceptors (Lipinski definition) is 2. The molecule has 0 saturated carbocycles. The van der Waals surface area contributed by atoms with Gasteiger partial charge in [0.1, 0.15) is 0 Å². The van der Waals surface area contributed by atoms with Crippen molar-refractivity contribution in [2.24, 2.45) is 0 Å². The largest absolute Gasteiger partial charge is 0.413 e. The van der Waals surface area contributed by atoms with Gasteiger partial charge in [-0.15, -0.1) is 0 Å². The third kappa shape index (κ3) is 3.90. The van der Waals surface area contributed by atoms with Crippen LogP contribution in [0.5, 0.6) is 0 Å². The molecule has 8 aromatic carbocycles. The van der Waals surface area contributed by atoms with E-state index in [1.165, 1.54) is 75.8 Å². The highest BCUT2D eigenvalue weighted by molar-refractivity contribution is 7.35. The molecule has 4 heteroatoms. The van der Waals surface area contributed by atoms with Crippen LogP contribution in [0.2, 0.25) is 26.2 Å². The lowest BCUT2D eigenvalue weighted by Gasteiger charge is -2.37. The summed E-state index contributed by atoms with van der Waals surface area (Å²) in [6.07, 6.45) is 0. The van der Waals surface area contributed by atoms with E-state index < -0.39 is 15.7 Å². The Morgan fingerprint density at radius 2 is 0.690 bits per heavy atom. The van der Waals surface area contributed by atoms with Crippen molar-refractivity contribution in [1.29, 1.82) is 0 Å². The highest BCUT2D eigenvalue weighted by atomic mass is 29.3. The Labute approximate surface area is 248 Å². The van der Waals surface area contributed by atoms with E-state index in [0.29, 0.717) is 13.2 Å². The zero-order valence-electron chi connectivity index (χ0n) is 24.6. The Morgan fingerprint density at radius 3 is 1.07 bits per heavy atom. The van der Waals surface area contributed by atoms with Crippen LogP contribution < -0.4 is 0 Å². The molecule has 42 heavy (non-hydrogen) atoms. The van der Waals surface area contributed by atoms with Crippen molar-refractivity contribution in [3.8, 4) is 0 Å². The van der Waals surface area contributed by atoms with Crippen LogP contribution in [0.4, 0.5) is 0 Å². The molecule has 0 bridgehead atoms. The Hall–Kier alpha value is -3.81. The van der Waals surface area contributed by atoms with Crippen molar-refractivity contribution in [2.75, 3.05) is 0 Å². The van der Waals surface area contributed by atoms with Crippen LogP contribution in [-0.2, 0) is 22.1 Å². The van der Waals surface area contributed by atoms with Crippen LogP contribution in [0, 0.1) is 0 Å². The van der Waals surface area contributed by atoms with Crippen LogP contribution in [0.15, 0.2) is 109 Å². The predicted octanol–water partition coefficient (Wildman–Crippen LogP) is 10.7. The lowest BCUT2D eigenvalue weighted by Crippen LogP contribution is -2.58. The Balaban J connectivity index is 1.07. The van der Waals surface area contributed by atoms with Crippen molar-refractivity contribution in [3.05, 3.63) is 120 Å². The molecular weight excluding hydrogens is 545 g/mol. The van der Waals surface area contributed by atoms with E-state index in [4.69, 9.17) is 8.85 Å². The maximum absolute atomic E-state index is 6.91. The minimum atomic E-state index is -2.15. The summed E-state index contributed by atoms with van der Waals surface area (Å²) in [6, 6.07) is 40.2. The quantitative estimate of drug-likeness (QED) is 0.138. The Morgan fingerprint density at radius 1 is 0.381 bits per heavy atom. The topological polar surface area (TPSA) is 18.5 Å². The monoisotopic (exact) mass is 578 g/mol. The second-order valence-corrected chi connectivity index (χ2v) is 26.6. The summed E-state index contributed by atoms with van der Waals surface area (Å²) in [5.41, 5.74) is 2.52. The highest BCUT2D eigenvalue weighted by Crippen LogP contribution is 2.38. The fourth-order valence-electron chi connectivity index (χ4n) is 6.71. The zero-order valence-corrected chi connectivity index (χ0v) is 26.6. The molecule has 0 saturated heterocycles. The summed E-state index contributed by atoms with van der Waals surface area (Å²) < 4.78 is 13.8. The first kappa shape index (κ1) is 25.9. The van der Waals surface area contributed by atoms with Gasteiger partial charge < -0.3 is 8.85 Å². The molecule has 0 amide bonds. The fraction of sp³-hybridized carbons (Fsp3) is 0.158. The van der Waals surface area contributed by atoms with Crippen molar-refractivity contribution in [3.63, 3.8) is 0 Å². The van der Waals surface area contributed by atoms with Gasteiger partial charge in [0, 0.05) is 0 Å². The van der Waals surface area contributed by atoms with Gasteiger partial charge in [0.05, 0.1) is 13.2 Å². The maximum atomic E-state index is 6.91. The molecule has 0 heterocycles. The van der Waals surface area contributed by atoms with Gasteiger partial charge in [0.25, 0.3) is 0 Å². The Kier molecular flexibility index (Phi) is 5.76. The first-order valence-corrected chi connectivity index (χ1v) is 21.7. The second-order valence-electron chi connectivity index (χ2n) is 12.8. The zero-order chi connectivity index (χ0) is 28.6. The summed E-state index contributed by atoms with van der Waals surface area (Å²) in [6.45, 7) is 10.6. The van der Waals surface area contributed by atoms with E-state index in [1.54, 1.807) is 0 Å². The molecule has 0 aliphatic carbocycles. The third-order valence-corrected chi connectivity index (χ3v) is 24.1. The molecule has 0 radical (unpaired) electrons. The number of benzene rings is 8. The number of rotatable bonds is 7. The molecule has 2 nitrogen and oxygen atoms in total. The summed E-state index contributed by atoms with van der Waals surface area (Å²) in [5, 5.41) is 15.8. The molecular formula is C38H34O2Si2. The van der Waals surface area contributed by atoms with Crippen LogP contribution >= 0.6 is 0 Å². The van der Waals surface area contributed by atoms with Crippen molar-refractivity contribution in [2.45, 2.75) is 39.4 Å². The summed E-state index contributed by atoms with van der Waals surface area (Å²) in [4.78, 5) is 0. The van der Waals surface area contributed by atoms with E-state index in [0.717, 1.165) is 0 Å². The third-order valence-electron chi connectivity index (χ3n) is 9.86. The summed E-state index contributed by atoms with van der Waals surface area (Å²) in [5.74, 6) is 0. The predicted molar refractivity (Wildman–Crippen MR) is 185 cm³/mol. The van der Waals surface area contributed by atoms with E-state index in [-0.39, 0.29) is 0 Å². The second kappa shape index (κ2) is 9.35. The van der Waals surface area contributed by atoms with Crippen molar-refractivity contribution < 1.29 is 8.85 Å². The molecule has 0 aliphatic heterocycles. The summed E-state index contributed by atoms with van der Waals surface area (Å²) >= 11 is 0. The van der Waals surface area contributed by atoms with Crippen molar-refractivity contribution >= 4 is 80.3 Å². The molecule has 8 rings (SSSR count).